The SMILES string of the molecule is Cc1cc(C)c(NCC(C)(C)CO)cc1C. The molecule has 0 spiro atoms. The van der Waals surface area contributed by atoms with Gasteiger partial charge in [-0.1, -0.05) is 19.9 Å². The lowest BCUT2D eigenvalue weighted by Gasteiger charge is -2.23. The van der Waals surface area contributed by atoms with E-state index < -0.39 is 0 Å². The first-order chi connectivity index (χ1) is 7.35. The number of aliphatic hydroxyl groups is 1. The first kappa shape index (κ1) is 13.0. The minimum atomic E-state index is -0.0781. The smallest absolute Gasteiger partial charge is 0.0498 e. The van der Waals surface area contributed by atoms with Gasteiger partial charge in [0.05, 0.1) is 0 Å². The van der Waals surface area contributed by atoms with Crippen molar-refractivity contribution < 1.29 is 5.11 Å². The molecule has 0 atom stereocenters. The quantitative estimate of drug-likeness (QED) is 0.819. The minimum absolute atomic E-state index is 0.0781. The lowest BCUT2D eigenvalue weighted by Crippen LogP contribution is -2.27. The van der Waals surface area contributed by atoms with Gasteiger partial charge in [-0.05, 0) is 43.5 Å². The molecule has 2 N–H and O–H groups in total. The number of hydrogen-bond donors (Lipinski definition) is 2. The maximum atomic E-state index is 9.20. The molecular formula is C14H23NO. The summed E-state index contributed by atoms with van der Waals surface area (Å²) in [7, 11) is 0. The lowest BCUT2D eigenvalue weighted by molar-refractivity contribution is 0.171. The molecule has 0 heterocycles. The van der Waals surface area contributed by atoms with Gasteiger partial charge < -0.3 is 10.4 Å². The Morgan fingerprint density at radius 2 is 1.62 bits per heavy atom. The van der Waals surface area contributed by atoms with Crippen molar-refractivity contribution in [1.82, 2.24) is 0 Å². The van der Waals surface area contributed by atoms with Crippen LogP contribution in [-0.2, 0) is 0 Å². The maximum absolute atomic E-state index is 9.20. The monoisotopic (exact) mass is 221 g/mol. The predicted molar refractivity (Wildman–Crippen MR) is 70.0 cm³/mol. The molecule has 1 aromatic rings. The Bertz CT molecular complexity index is 369. The second-order valence-corrected chi connectivity index (χ2v) is 5.43. The predicted octanol–water partition coefficient (Wildman–Crippen LogP) is 3.04. The van der Waals surface area contributed by atoms with Crippen LogP contribution >= 0.6 is 0 Å². The van der Waals surface area contributed by atoms with E-state index in [0.29, 0.717) is 0 Å². The van der Waals surface area contributed by atoms with Crippen molar-refractivity contribution in [3.63, 3.8) is 0 Å². The molecule has 0 amide bonds. The van der Waals surface area contributed by atoms with Gasteiger partial charge in [-0.2, -0.15) is 0 Å². The second-order valence-electron chi connectivity index (χ2n) is 5.43. The summed E-state index contributed by atoms with van der Waals surface area (Å²) in [5.74, 6) is 0. The number of hydrogen-bond acceptors (Lipinski definition) is 2. The Balaban J connectivity index is 2.79. The topological polar surface area (TPSA) is 32.3 Å². The maximum Gasteiger partial charge on any atom is 0.0498 e. The van der Waals surface area contributed by atoms with Gasteiger partial charge in [-0.15, -0.1) is 0 Å². The molecular weight excluding hydrogens is 198 g/mol. The van der Waals surface area contributed by atoms with E-state index in [1.54, 1.807) is 0 Å². The van der Waals surface area contributed by atoms with Gasteiger partial charge in [0.2, 0.25) is 0 Å². The summed E-state index contributed by atoms with van der Waals surface area (Å²) < 4.78 is 0. The molecule has 90 valence electrons. The number of benzene rings is 1. The molecule has 2 nitrogen and oxygen atoms in total. The molecule has 0 aliphatic carbocycles. The average molecular weight is 221 g/mol. The van der Waals surface area contributed by atoms with Crippen LogP contribution in [0.15, 0.2) is 12.1 Å². The fourth-order valence-electron chi connectivity index (χ4n) is 1.54. The second kappa shape index (κ2) is 4.88. The van der Waals surface area contributed by atoms with E-state index in [4.69, 9.17) is 0 Å². The van der Waals surface area contributed by atoms with Gasteiger partial charge in [0, 0.05) is 24.3 Å². The molecule has 0 aliphatic rings. The van der Waals surface area contributed by atoms with Crippen molar-refractivity contribution in [2.75, 3.05) is 18.5 Å². The van der Waals surface area contributed by atoms with Gasteiger partial charge in [0.1, 0.15) is 0 Å². The van der Waals surface area contributed by atoms with Gasteiger partial charge in [0.15, 0.2) is 0 Å². The average Bonchev–Trinajstić information content (AvgIpc) is 2.22. The van der Waals surface area contributed by atoms with Crippen molar-refractivity contribution in [2.45, 2.75) is 34.6 Å². The van der Waals surface area contributed by atoms with Crippen molar-refractivity contribution in [1.29, 1.82) is 0 Å². The highest BCUT2D eigenvalue weighted by atomic mass is 16.3. The third kappa shape index (κ3) is 3.24. The van der Waals surface area contributed by atoms with Crippen LogP contribution in [0.5, 0.6) is 0 Å². The minimum Gasteiger partial charge on any atom is -0.396 e. The number of aryl methyl sites for hydroxylation is 3. The molecule has 0 radical (unpaired) electrons. The Kier molecular flexibility index (Phi) is 3.98. The van der Waals surface area contributed by atoms with E-state index in [2.05, 4.69) is 52.1 Å². The normalized spacial score (nSPS) is 11.6. The molecule has 16 heavy (non-hydrogen) atoms. The summed E-state index contributed by atoms with van der Waals surface area (Å²) in [5, 5.41) is 12.6. The zero-order valence-electron chi connectivity index (χ0n) is 11.0. The summed E-state index contributed by atoms with van der Waals surface area (Å²) in [6.45, 7) is 11.4. The third-order valence-electron chi connectivity index (χ3n) is 3.03. The largest absolute Gasteiger partial charge is 0.396 e. The highest BCUT2D eigenvalue weighted by Gasteiger charge is 2.16. The van der Waals surface area contributed by atoms with Crippen molar-refractivity contribution in [3.8, 4) is 0 Å². The van der Waals surface area contributed by atoms with E-state index in [9.17, 15) is 5.11 Å². The third-order valence-corrected chi connectivity index (χ3v) is 3.03. The standard InChI is InChI=1S/C14H23NO/c1-10-6-12(3)13(7-11(10)2)15-8-14(4,5)9-16/h6-7,15-16H,8-9H2,1-5H3. The molecule has 0 unspecified atom stereocenters. The fourth-order valence-corrected chi connectivity index (χ4v) is 1.54. The van der Waals surface area contributed by atoms with Crippen LogP contribution < -0.4 is 5.32 Å². The van der Waals surface area contributed by atoms with Crippen LogP contribution in [0.25, 0.3) is 0 Å². The number of anilines is 1. The molecule has 2 heteroatoms. The molecule has 0 saturated heterocycles. The molecule has 0 fully saturated rings. The van der Waals surface area contributed by atoms with Crippen molar-refractivity contribution >= 4 is 5.69 Å². The number of rotatable bonds is 4. The van der Waals surface area contributed by atoms with E-state index in [0.717, 1.165) is 6.54 Å². The Labute approximate surface area is 98.7 Å². The summed E-state index contributed by atoms with van der Waals surface area (Å²) in [6.07, 6.45) is 0. The van der Waals surface area contributed by atoms with E-state index >= 15 is 0 Å². The van der Waals surface area contributed by atoms with Gasteiger partial charge in [-0.3, -0.25) is 0 Å². The van der Waals surface area contributed by atoms with Crippen LogP contribution in [0.3, 0.4) is 0 Å². The van der Waals surface area contributed by atoms with Crippen LogP contribution in [0.1, 0.15) is 30.5 Å². The van der Waals surface area contributed by atoms with Gasteiger partial charge in [-0.25, -0.2) is 0 Å². The van der Waals surface area contributed by atoms with Crippen LogP contribution in [0.4, 0.5) is 5.69 Å². The van der Waals surface area contributed by atoms with Gasteiger partial charge in [0.25, 0.3) is 0 Å². The Morgan fingerprint density at radius 3 is 2.19 bits per heavy atom. The molecule has 0 aliphatic heterocycles. The zero-order chi connectivity index (χ0) is 12.3. The summed E-state index contributed by atoms with van der Waals surface area (Å²) >= 11 is 0. The summed E-state index contributed by atoms with van der Waals surface area (Å²) in [6, 6.07) is 4.38. The first-order valence-electron chi connectivity index (χ1n) is 5.78. The first-order valence-corrected chi connectivity index (χ1v) is 5.78. The zero-order valence-corrected chi connectivity index (χ0v) is 11.0. The molecule has 1 aromatic carbocycles. The van der Waals surface area contributed by atoms with Crippen LogP contribution in [0, 0.1) is 26.2 Å². The van der Waals surface area contributed by atoms with E-state index in [1.807, 2.05) is 0 Å². The van der Waals surface area contributed by atoms with Crippen LogP contribution in [0.2, 0.25) is 0 Å². The number of nitrogens with one attached hydrogen (secondary N) is 1. The Hall–Kier alpha value is -1.02. The molecule has 1 rings (SSSR count). The fraction of sp³-hybridized carbons (Fsp3) is 0.571. The lowest BCUT2D eigenvalue weighted by atomic mass is 9.94. The van der Waals surface area contributed by atoms with Gasteiger partial charge >= 0.3 is 0 Å². The van der Waals surface area contributed by atoms with E-state index in [1.165, 1.54) is 22.4 Å². The molecule has 0 saturated carbocycles. The summed E-state index contributed by atoms with van der Waals surface area (Å²) in [5.41, 5.74) is 4.98. The Morgan fingerprint density at radius 1 is 1.06 bits per heavy atom. The molecule has 0 aromatic heterocycles. The van der Waals surface area contributed by atoms with Crippen molar-refractivity contribution in [3.05, 3.63) is 28.8 Å². The van der Waals surface area contributed by atoms with Crippen molar-refractivity contribution in [2.24, 2.45) is 5.41 Å². The molecule has 0 bridgehead atoms. The highest BCUT2D eigenvalue weighted by molar-refractivity contribution is 5.54. The van der Waals surface area contributed by atoms with Crippen LogP contribution in [-0.4, -0.2) is 18.3 Å². The highest BCUT2D eigenvalue weighted by Crippen LogP contribution is 2.22. The summed E-state index contributed by atoms with van der Waals surface area (Å²) in [4.78, 5) is 0. The number of aliphatic hydroxyl groups excluding tert-OH is 1. The van der Waals surface area contributed by atoms with E-state index in [-0.39, 0.29) is 12.0 Å².